The summed E-state index contributed by atoms with van der Waals surface area (Å²) in [5.41, 5.74) is 1.73. The van der Waals surface area contributed by atoms with Gasteiger partial charge in [0, 0.05) is 22.3 Å². The van der Waals surface area contributed by atoms with Gasteiger partial charge in [0.1, 0.15) is 0 Å². The van der Waals surface area contributed by atoms with Crippen molar-refractivity contribution in [2.45, 2.75) is 20.8 Å². The van der Waals surface area contributed by atoms with Crippen LogP contribution in [0.2, 0.25) is 0 Å². The fourth-order valence-electron chi connectivity index (χ4n) is 1.89. The highest BCUT2D eigenvalue weighted by atomic mass is 16.1. The first-order chi connectivity index (χ1) is 8.12. The van der Waals surface area contributed by atoms with Crippen LogP contribution in [0, 0.1) is 0 Å². The van der Waals surface area contributed by atoms with Gasteiger partial charge in [-0.2, -0.15) is 0 Å². The van der Waals surface area contributed by atoms with E-state index in [1.807, 2.05) is 6.92 Å². The molecule has 0 fully saturated rings. The molecule has 0 atom stereocenters. The summed E-state index contributed by atoms with van der Waals surface area (Å²) in [5.74, 6) is -0.253. The summed E-state index contributed by atoms with van der Waals surface area (Å²) >= 11 is 0. The third-order valence-corrected chi connectivity index (χ3v) is 2.67. The number of hydrogen-bond donors (Lipinski definition) is 0. The molecule has 0 N–H and O–H groups in total. The molecule has 0 aromatic carbocycles. The van der Waals surface area contributed by atoms with Gasteiger partial charge in [-0.25, -0.2) is 0 Å². The van der Waals surface area contributed by atoms with Gasteiger partial charge in [-0.05, 0) is 20.8 Å². The molecule has 0 aromatic rings. The topological polar surface area (TPSA) is 34.1 Å². The Labute approximate surface area is 102 Å². The molecule has 0 aliphatic heterocycles. The Hall–Kier alpha value is -1.96. The first-order valence-corrected chi connectivity index (χ1v) is 5.54. The van der Waals surface area contributed by atoms with Gasteiger partial charge in [-0.15, -0.1) is 0 Å². The lowest BCUT2D eigenvalue weighted by atomic mass is 9.81. The smallest absolute Gasteiger partial charge is 0.194 e. The Morgan fingerprint density at radius 3 is 1.71 bits per heavy atom. The Bertz CT molecular complexity index is 497. The van der Waals surface area contributed by atoms with Gasteiger partial charge < -0.3 is 0 Å². The molecule has 2 nitrogen and oxygen atoms in total. The Morgan fingerprint density at radius 2 is 1.35 bits per heavy atom. The van der Waals surface area contributed by atoms with Crippen LogP contribution in [-0.4, -0.2) is 11.6 Å². The first kappa shape index (κ1) is 13.1. The van der Waals surface area contributed by atoms with Crippen molar-refractivity contribution < 1.29 is 9.59 Å². The second kappa shape index (κ2) is 5.39. The van der Waals surface area contributed by atoms with Gasteiger partial charge in [0.15, 0.2) is 11.6 Å². The summed E-state index contributed by atoms with van der Waals surface area (Å²) in [5, 5.41) is 0. The van der Waals surface area contributed by atoms with E-state index in [9.17, 15) is 9.59 Å². The molecule has 0 spiro atoms. The van der Waals surface area contributed by atoms with Crippen molar-refractivity contribution in [3.8, 4) is 0 Å². The van der Waals surface area contributed by atoms with Gasteiger partial charge in [0.05, 0.1) is 0 Å². The van der Waals surface area contributed by atoms with E-state index in [4.69, 9.17) is 0 Å². The number of rotatable bonds is 2. The zero-order chi connectivity index (χ0) is 13.0. The molecule has 0 saturated carbocycles. The number of Topliss-reactive ketones (excluding diaryl/α,β-unsaturated/α-hetero) is 2. The molecule has 1 aliphatic rings. The van der Waals surface area contributed by atoms with E-state index in [0.717, 1.165) is 0 Å². The van der Waals surface area contributed by atoms with Gasteiger partial charge in [-0.1, -0.05) is 37.0 Å². The fraction of sp³-hybridized carbons (Fsp3) is 0.200. The number of carbonyl (C=O) groups excluding carboxylic acids is 2. The monoisotopic (exact) mass is 228 g/mol. The third kappa shape index (κ3) is 2.11. The second-order valence-electron chi connectivity index (χ2n) is 3.59. The van der Waals surface area contributed by atoms with Gasteiger partial charge in [-0.3, -0.25) is 9.59 Å². The van der Waals surface area contributed by atoms with Crippen LogP contribution in [0.15, 0.2) is 59.3 Å². The quantitative estimate of drug-likeness (QED) is 0.680. The van der Waals surface area contributed by atoms with Crippen LogP contribution < -0.4 is 0 Å². The summed E-state index contributed by atoms with van der Waals surface area (Å²) in [6.45, 7) is 8.94. The second-order valence-corrected chi connectivity index (χ2v) is 3.59. The van der Waals surface area contributed by atoms with Crippen LogP contribution in [0.1, 0.15) is 20.8 Å². The summed E-state index contributed by atoms with van der Waals surface area (Å²) < 4.78 is 0. The Kier molecular flexibility index (Phi) is 4.16. The maximum absolute atomic E-state index is 12.2. The predicted octanol–water partition coefficient (Wildman–Crippen LogP) is 3.09. The van der Waals surface area contributed by atoms with E-state index in [2.05, 4.69) is 6.58 Å². The van der Waals surface area contributed by atoms with Crippen molar-refractivity contribution in [2.75, 3.05) is 0 Å². The minimum atomic E-state index is -0.136. The van der Waals surface area contributed by atoms with Crippen LogP contribution in [0.5, 0.6) is 0 Å². The van der Waals surface area contributed by atoms with Crippen molar-refractivity contribution in [1.82, 2.24) is 0 Å². The van der Waals surface area contributed by atoms with Crippen molar-refractivity contribution in [2.24, 2.45) is 0 Å². The molecular formula is C15H16O2. The molecule has 0 heterocycles. The first-order valence-electron chi connectivity index (χ1n) is 5.54. The van der Waals surface area contributed by atoms with Crippen molar-refractivity contribution >= 4 is 11.6 Å². The average molecular weight is 228 g/mol. The zero-order valence-electron chi connectivity index (χ0n) is 10.4. The molecule has 0 saturated heterocycles. The van der Waals surface area contributed by atoms with Crippen molar-refractivity contribution in [3.05, 3.63) is 59.3 Å². The number of carbonyl (C=O) groups is 2. The SMILES string of the molecule is C=CC1=C(/C=C\C)C(=O)C(=C/C)/C(=C\C)C1=O. The van der Waals surface area contributed by atoms with Crippen LogP contribution in [0.25, 0.3) is 0 Å². The molecule has 88 valence electrons. The lowest BCUT2D eigenvalue weighted by Crippen LogP contribution is -2.23. The van der Waals surface area contributed by atoms with Crippen molar-refractivity contribution in [1.29, 1.82) is 0 Å². The number of hydrogen-bond acceptors (Lipinski definition) is 2. The minimum absolute atomic E-state index is 0.117. The van der Waals surface area contributed by atoms with E-state index in [1.165, 1.54) is 6.08 Å². The maximum atomic E-state index is 12.2. The lowest BCUT2D eigenvalue weighted by molar-refractivity contribution is -0.116. The molecule has 0 unspecified atom stereocenters. The normalized spacial score (nSPS) is 22.1. The van der Waals surface area contributed by atoms with E-state index in [0.29, 0.717) is 22.3 Å². The van der Waals surface area contributed by atoms with Gasteiger partial charge in [0.2, 0.25) is 0 Å². The molecule has 0 aromatic heterocycles. The number of ketones is 2. The van der Waals surface area contributed by atoms with Crippen LogP contribution in [-0.2, 0) is 9.59 Å². The highest BCUT2D eigenvalue weighted by Crippen LogP contribution is 2.29. The fourth-order valence-corrected chi connectivity index (χ4v) is 1.89. The standard InChI is InChI=1S/C15H16O2/c1-5-9-13-12(8-4)14(16)10(6-2)11(7-3)15(13)17/h5-9H,4H2,1-3H3/b9-5-,10-6+,11-7+. The summed E-state index contributed by atoms with van der Waals surface area (Å²) in [6.07, 6.45) is 8.21. The largest absolute Gasteiger partial charge is 0.289 e. The Morgan fingerprint density at radius 1 is 0.882 bits per heavy atom. The minimum Gasteiger partial charge on any atom is -0.289 e. The van der Waals surface area contributed by atoms with E-state index >= 15 is 0 Å². The summed E-state index contributed by atoms with van der Waals surface area (Å²) in [4.78, 5) is 24.4. The molecule has 17 heavy (non-hydrogen) atoms. The molecule has 2 heteroatoms. The molecule has 0 bridgehead atoms. The molecule has 0 amide bonds. The van der Waals surface area contributed by atoms with Crippen LogP contribution in [0.4, 0.5) is 0 Å². The van der Waals surface area contributed by atoms with Crippen LogP contribution in [0.3, 0.4) is 0 Å². The highest BCUT2D eigenvalue weighted by molar-refractivity contribution is 6.31. The number of allylic oxidation sites excluding steroid dienone is 9. The zero-order valence-corrected chi connectivity index (χ0v) is 10.4. The van der Waals surface area contributed by atoms with E-state index in [-0.39, 0.29) is 11.6 Å². The van der Waals surface area contributed by atoms with Gasteiger partial charge >= 0.3 is 0 Å². The lowest BCUT2D eigenvalue weighted by Gasteiger charge is -2.19. The van der Waals surface area contributed by atoms with Crippen LogP contribution >= 0.6 is 0 Å². The average Bonchev–Trinajstić information content (AvgIpc) is 2.33. The molecule has 1 rings (SSSR count). The highest BCUT2D eigenvalue weighted by Gasteiger charge is 2.31. The Balaban J connectivity index is 3.60. The van der Waals surface area contributed by atoms with E-state index in [1.54, 1.807) is 38.2 Å². The predicted molar refractivity (Wildman–Crippen MR) is 69.6 cm³/mol. The maximum Gasteiger partial charge on any atom is 0.194 e. The molecular weight excluding hydrogens is 212 g/mol. The van der Waals surface area contributed by atoms with E-state index < -0.39 is 0 Å². The van der Waals surface area contributed by atoms with Gasteiger partial charge in [0.25, 0.3) is 0 Å². The summed E-state index contributed by atoms with van der Waals surface area (Å²) in [6, 6.07) is 0. The third-order valence-electron chi connectivity index (χ3n) is 2.67. The molecule has 1 aliphatic carbocycles. The molecule has 0 radical (unpaired) electrons. The summed E-state index contributed by atoms with van der Waals surface area (Å²) in [7, 11) is 0. The van der Waals surface area contributed by atoms with Crippen molar-refractivity contribution in [3.63, 3.8) is 0 Å².